The van der Waals surface area contributed by atoms with E-state index >= 15 is 0 Å². The zero-order valence-corrected chi connectivity index (χ0v) is 17.0. The fraction of sp³-hybridized carbons (Fsp3) is 0.292. The van der Waals surface area contributed by atoms with E-state index in [1.165, 1.54) is 47.4 Å². The third-order valence-corrected chi connectivity index (χ3v) is 6.75. The van der Waals surface area contributed by atoms with Gasteiger partial charge in [0.1, 0.15) is 0 Å². The molecule has 4 atom stereocenters. The van der Waals surface area contributed by atoms with Crippen LogP contribution in [0.5, 0.6) is 0 Å². The second kappa shape index (κ2) is 7.05. The number of carbonyl (C=O) groups excluding carboxylic acids is 3. The molecule has 2 aromatic carbocycles. The molecule has 5 nitrogen and oxygen atoms in total. The number of rotatable bonds is 3. The Kier molecular flexibility index (Phi) is 4.51. The van der Waals surface area contributed by atoms with Crippen LogP contribution in [0.15, 0.2) is 60.2 Å². The van der Waals surface area contributed by atoms with Gasteiger partial charge in [0, 0.05) is 5.56 Å². The first kappa shape index (κ1) is 20.5. The number of nitrogens with zero attached hydrogens (tertiary/aromatic N) is 1. The number of hydrogen-bond donors (Lipinski definition) is 1. The van der Waals surface area contributed by atoms with E-state index in [0.29, 0.717) is 5.69 Å². The number of alkyl halides is 3. The first-order chi connectivity index (χ1) is 15.2. The molecule has 1 aliphatic heterocycles. The lowest BCUT2D eigenvalue weighted by Crippen LogP contribution is -2.33. The number of anilines is 2. The van der Waals surface area contributed by atoms with Crippen molar-refractivity contribution in [3.8, 4) is 0 Å². The van der Waals surface area contributed by atoms with Gasteiger partial charge < -0.3 is 5.32 Å². The van der Waals surface area contributed by atoms with Crippen molar-refractivity contribution in [2.24, 2.45) is 23.7 Å². The number of carbonyl (C=O) groups is 3. The van der Waals surface area contributed by atoms with Gasteiger partial charge in [-0.25, -0.2) is 0 Å². The second-order valence-corrected chi connectivity index (χ2v) is 8.52. The third kappa shape index (κ3) is 3.04. The van der Waals surface area contributed by atoms with Gasteiger partial charge in [-0.15, -0.1) is 0 Å². The minimum atomic E-state index is -4.60. The topological polar surface area (TPSA) is 66.5 Å². The van der Waals surface area contributed by atoms with E-state index < -0.39 is 17.6 Å². The summed E-state index contributed by atoms with van der Waals surface area (Å²) < 4.78 is 39.5. The quantitative estimate of drug-likeness (QED) is 0.558. The maximum atomic E-state index is 13.2. The van der Waals surface area contributed by atoms with E-state index in [9.17, 15) is 27.6 Å². The zero-order valence-electron chi connectivity index (χ0n) is 17.0. The van der Waals surface area contributed by atoms with Crippen LogP contribution in [-0.4, -0.2) is 17.7 Å². The second-order valence-electron chi connectivity index (χ2n) is 8.52. The largest absolute Gasteiger partial charge is 0.418 e. The van der Waals surface area contributed by atoms with Crippen molar-refractivity contribution >= 4 is 29.1 Å². The normalized spacial score (nSPS) is 26.4. The summed E-state index contributed by atoms with van der Waals surface area (Å²) in [5, 5.41) is 2.28. The maximum absolute atomic E-state index is 13.2. The van der Waals surface area contributed by atoms with Crippen LogP contribution in [0.1, 0.15) is 29.3 Å². The summed E-state index contributed by atoms with van der Waals surface area (Å²) >= 11 is 0. The van der Waals surface area contributed by atoms with Crippen molar-refractivity contribution in [1.29, 1.82) is 0 Å². The highest BCUT2D eigenvalue weighted by atomic mass is 19.4. The number of allylic oxidation sites excluding steroid dienone is 2. The van der Waals surface area contributed by atoms with Crippen LogP contribution in [0, 0.1) is 23.7 Å². The van der Waals surface area contributed by atoms with Gasteiger partial charge in [0.05, 0.1) is 28.8 Å². The third-order valence-electron chi connectivity index (χ3n) is 6.75. The predicted octanol–water partition coefficient (Wildman–Crippen LogP) is 4.66. The molecule has 2 aromatic rings. The number of benzene rings is 2. The van der Waals surface area contributed by atoms with E-state index in [-0.39, 0.29) is 46.7 Å². The SMILES string of the molecule is CC1=C[C@H]2C[C@H]1[C@H]1C(=O)N(c3ccc(C(=O)Nc4ccccc4C(F)(F)F)cc3)C(=O)[C@H]12. The van der Waals surface area contributed by atoms with Crippen LogP contribution >= 0.6 is 0 Å². The number of nitrogens with one attached hydrogen (secondary N) is 1. The molecule has 1 saturated carbocycles. The molecule has 8 heteroatoms. The fourth-order valence-corrected chi connectivity index (χ4v) is 5.32. The van der Waals surface area contributed by atoms with Crippen molar-refractivity contribution in [2.45, 2.75) is 19.5 Å². The standard InChI is InChI=1S/C24H19F3N2O3/c1-12-10-14-11-16(12)20-19(14)22(31)29(23(20)32)15-8-6-13(7-9-15)21(30)28-18-5-3-2-4-17(18)24(25,26)27/h2-10,14,16,19-20H,11H2,1H3,(H,28,30)/t14-,16+,19-,20+/m0/s1. The monoisotopic (exact) mass is 440 g/mol. The fourth-order valence-electron chi connectivity index (χ4n) is 5.32. The average molecular weight is 440 g/mol. The van der Waals surface area contributed by atoms with E-state index in [1.54, 1.807) is 0 Å². The molecule has 0 spiro atoms. The van der Waals surface area contributed by atoms with Crippen molar-refractivity contribution in [1.82, 2.24) is 0 Å². The molecular weight excluding hydrogens is 421 g/mol. The molecule has 5 rings (SSSR count). The molecule has 0 radical (unpaired) electrons. The van der Waals surface area contributed by atoms with Gasteiger partial charge in [-0.05, 0) is 61.6 Å². The number of halogens is 3. The number of imide groups is 1. The number of amides is 3. The van der Waals surface area contributed by atoms with Gasteiger partial charge in [-0.2, -0.15) is 13.2 Å². The maximum Gasteiger partial charge on any atom is 0.418 e. The Morgan fingerprint density at radius 2 is 1.66 bits per heavy atom. The van der Waals surface area contributed by atoms with Gasteiger partial charge in [-0.1, -0.05) is 23.8 Å². The van der Waals surface area contributed by atoms with Crippen molar-refractivity contribution < 1.29 is 27.6 Å². The molecule has 3 amide bonds. The first-order valence-electron chi connectivity index (χ1n) is 10.3. The molecule has 0 unspecified atom stereocenters. The average Bonchev–Trinajstić information content (AvgIpc) is 3.38. The van der Waals surface area contributed by atoms with Crippen LogP contribution in [0.25, 0.3) is 0 Å². The summed E-state index contributed by atoms with van der Waals surface area (Å²) in [4.78, 5) is 39.7. The molecule has 2 fully saturated rings. The highest BCUT2D eigenvalue weighted by molar-refractivity contribution is 6.23. The van der Waals surface area contributed by atoms with E-state index in [2.05, 4.69) is 11.4 Å². The van der Waals surface area contributed by atoms with Crippen LogP contribution in [0.4, 0.5) is 24.5 Å². The summed E-state index contributed by atoms with van der Waals surface area (Å²) in [7, 11) is 0. The Hall–Kier alpha value is -3.42. The Morgan fingerprint density at radius 3 is 2.34 bits per heavy atom. The summed E-state index contributed by atoms with van der Waals surface area (Å²) in [5.41, 5.74) is 0.347. The molecular formula is C24H19F3N2O3. The summed E-state index contributed by atoms with van der Waals surface area (Å²) in [6.07, 6.45) is -1.67. The molecule has 32 heavy (non-hydrogen) atoms. The minimum absolute atomic E-state index is 0.0881. The van der Waals surface area contributed by atoms with E-state index in [4.69, 9.17) is 0 Å². The van der Waals surface area contributed by atoms with Crippen molar-refractivity contribution in [3.63, 3.8) is 0 Å². The molecule has 3 aliphatic rings. The lowest BCUT2D eigenvalue weighted by atomic mass is 9.82. The van der Waals surface area contributed by atoms with E-state index in [0.717, 1.165) is 18.1 Å². The lowest BCUT2D eigenvalue weighted by Gasteiger charge is -2.19. The summed E-state index contributed by atoms with van der Waals surface area (Å²) in [5.74, 6) is -1.65. The number of fused-ring (bicyclic) bond motifs is 5. The van der Waals surface area contributed by atoms with Crippen LogP contribution in [-0.2, 0) is 15.8 Å². The molecule has 2 bridgehead atoms. The van der Waals surface area contributed by atoms with E-state index in [1.807, 2.05) is 6.92 Å². The highest BCUT2D eigenvalue weighted by Crippen LogP contribution is 2.55. The lowest BCUT2D eigenvalue weighted by molar-refractivity contribution is -0.137. The van der Waals surface area contributed by atoms with Crippen molar-refractivity contribution in [2.75, 3.05) is 10.2 Å². The van der Waals surface area contributed by atoms with Crippen LogP contribution in [0.3, 0.4) is 0 Å². The van der Waals surface area contributed by atoms with Gasteiger partial charge >= 0.3 is 6.18 Å². The molecule has 0 aromatic heterocycles. The summed E-state index contributed by atoms with van der Waals surface area (Å²) in [6.45, 7) is 1.99. The van der Waals surface area contributed by atoms with Crippen molar-refractivity contribution in [3.05, 3.63) is 71.3 Å². The Morgan fingerprint density at radius 1 is 1.00 bits per heavy atom. The predicted molar refractivity (Wildman–Crippen MR) is 111 cm³/mol. The molecule has 1 saturated heterocycles. The Labute approximate surface area is 181 Å². The van der Waals surface area contributed by atoms with Gasteiger partial charge in [0.15, 0.2) is 0 Å². The van der Waals surface area contributed by atoms with Gasteiger partial charge in [-0.3, -0.25) is 19.3 Å². The minimum Gasteiger partial charge on any atom is -0.321 e. The Bertz CT molecular complexity index is 1170. The molecule has 1 heterocycles. The Balaban J connectivity index is 1.35. The van der Waals surface area contributed by atoms with Crippen LogP contribution < -0.4 is 10.2 Å². The van der Waals surface area contributed by atoms with Crippen LogP contribution in [0.2, 0.25) is 0 Å². The summed E-state index contributed by atoms with van der Waals surface area (Å²) in [6, 6.07) is 10.5. The van der Waals surface area contributed by atoms with Gasteiger partial charge in [0.2, 0.25) is 11.8 Å². The number of hydrogen-bond acceptors (Lipinski definition) is 3. The smallest absolute Gasteiger partial charge is 0.321 e. The zero-order chi connectivity index (χ0) is 22.8. The van der Waals surface area contributed by atoms with Gasteiger partial charge in [0.25, 0.3) is 5.91 Å². The number of para-hydroxylation sites is 1. The molecule has 164 valence electrons. The molecule has 2 aliphatic carbocycles. The first-order valence-corrected chi connectivity index (χ1v) is 10.3. The highest BCUT2D eigenvalue weighted by Gasteiger charge is 2.60. The molecule has 1 N–H and O–H groups in total.